The second-order valence-electron chi connectivity index (χ2n) is 6.76. The number of phenols is 1. The number of halogens is 1. The van der Waals surface area contributed by atoms with Gasteiger partial charge < -0.3 is 15.3 Å². The third-order valence-corrected chi connectivity index (χ3v) is 4.88. The third-order valence-electron chi connectivity index (χ3n) is 4.88. The van der Waals surface area contributed by atoms with Crippen molar-refractivity contribution in [3.8, 4) is 5.75 Å². The van der Waals surface area contributed by atoms with E-state index in [4.69, 9.17) is 0 Å². The largest absolute Gasteiger partial charge is 0.508 e. The number of carbonyl (C=O) groups is 3. The summed E-state index contributed by atoms with van der Waals surface area (Å²) in [6.45, 7) is 0.742. The van der Waals surface area contributed by atoms with E-state index in [2.05, 4.69) is 5.32 Å². The molecule has 0 atom stereocenters. The number of amides is 2. The van der Waals surface area contributed by atoms with Gasteiger partial charge in [-0.1, -0.05) is 0 Å². The van der Waals surface area contributed by atoms with Crippen LogP contribution >= 0.6 is 0 Å². The molecule has 2 aromatic rings. The molecule has 1 aliphatic rings. The number of rotatable bonds is 5. The number of Topliss-reactive ketones (excluding diaryl/α,β-unsaturated/α-hetero) is 1. The highest BCUT2D eigenvalue weighted by molar-refractivity contribution is 5.98. The lowest BCUT2D eigenvalue weighted by Crippen LogP contribution is -2.45. The van der Waals surface area contributed by atoms with Crippen LogP contribution in [0, 0.1) is 11.7 Å². The van der Waals surface area contributed by atoms with Crippen molar-refractivity contribution in [1.29, 1.82) is 0 Å². The van der Waals surface area contributed by atoms with Gasteiger partial charge in [-0.2, -0.15) is 0 Å². The predicted molar refractivity (Wildman–Crippen MR) is 100 cm³/mol. The maximum atomic E-state index is 12.9. The molecule has 0 aliphatic carbocycles. The first-order valence-corrected chi connectivity index (χ1v) is 9.09. The van der Waals surface area contributed by atoms with Crippen LogP contribution < -0.4 is 5.32 Å². The van der Waals surface area contributed by atoms with E-state index in [1.807, 2.05) is 0 Å². The van der Waals surface area contributed by atoms with Crippen molar-refractivity contribution in [3.05, 3.63) is 65.5 Å². The van der Waals surface area contributed by atoms with Crippen molar-refractivity contribution in [2.75, 3.05) is 19.6 Å². The molecule has 0 spiro atoms. The normalized spacial score (nSPS) is 14.5. The summed E-state index contributed by atoms with van der Waals surface area (Å²) in [4.78, 5) is 38.5. The second kappa shape index (κ2) is 8.65. The number of piperidine rings is 1. The van der Waals surface area contributed by atoms with Gasteiger partial charge in [0.1, 0.15) is 11.6 Å². The number of likely N-dealkylation sites (tertiary alicyclic amines) is 1. The van der Waals surface area contributed by atoms with Crippen LogP contribution in [-0.4, -0.2) is 47.2 Å². The van der Waals surface area contributed by atoms with E-state index < -0.39 is 11.7 Å². The monoisotopic (exact) mass is 384 g/mol. The van der Waals surface area contributed by atoms with Crippen LogP contribution in [-0.2, 0) is 4.79 Å². The summed E-state index contributed by atoms with van der Waals surface area (Å²) in [5.41, 5.74) is 0.835. The van der Waals surface area contributed by atoms with E-state index in [9.17, 15) is 23.9 Å². The van der Waals surface area contributed by atoms with Gasteiger partial charge in [0, 0.05) is 30.1 Å². The minimum Gasteiger partial charge on any atom is -0.508 e. The summed E-state index contributed by atoms with van der Waals surface area (Å²) in [5, 5.41) is 11.9. The molecular formula is C21H21FN2O4. The van der Waals surface area contributed by atoms with Gasteiger partial charge in [0.15, 0.2) is 5.78 Å². The maximum Gasteiger partial charge on any atom is 0.251 e. The van der Waals surface area contributed by atoms with Crippen LogP contribution in [0.4, 0.5) is 4.39 Å². The van der Waals surface area contributed by atoms with Crippen LogP contribution in [0.3, 0.4) is 0 Å². The Morgan fingerprint density at radius 2 is 1.54 bits per heavy atom. The van der Waals surface area contributed by atoms with Gasteiger partial charge in [0.05, 0.1) is 6.54 Å². The van der Waals surface area contributed by atoms with Gasteiger partial charge in [-0.3, -0.25) is 14.4 Å². The highest BCUT2D eigenvalue weighted by Crippen LogP contribution is 2.23. The molecule has 0 bridgehead atoms. The lowest BCUT2D eigenvalue weighted by atomic mass is 9.89. The molecule has 1 aliphatic heterocycles. The second-order valence-corrected chi connectivity index (χ2v) is 6.76. The molecule has 28 heavy (non-hydrogen) atoms. The number of hydrogen-bond donors (Lipinski definition) is 2. The molecule has 0 radical (unpaired) electrons. The smallest absolute Gasteiger partial charge is 0.251 e. The van der Waals surface area contributed by atoms with Gasteiger partial charge in [0.25, 0.3) is 5.91 Å². The summed E-state index contributed by atoms with van der Waals surface area (Å²) in [7, 11) is 0. The van der Waals surface area contributed by atoms with E-state index in [0.29, 0.717) is 31.5 Å². The number of phenolic OH excluding ortho intramolecular Hbond substituents is 1. The predicted octanol–water partition coefficient (Wildman–Crippen LogP) is 2.38. The first-order chi connectivity index (χ1) is 13.4. The summed E-state index contributed by atoms with van der Waals surface area (Å²) in [5.74, 6) is -1.13. The van der Waals surface area contributed by atoms with Crippen molar-refractivity contribution < 1.29 is 23.9 Å². The average Bonchev–Trinajstić information content (AvgIpc) is 2.72. The van der Waals surface area contributed by atoms with E-state index >= 15 is 0 Å². The molecule has 0 saturated carbocycles. The van der Waals surface area contributed by atoms with Crippen LogP contribution in [0.15, 0.2) is 48.5 Å². The number of hydrogen-bond acceptors (Lipinski definition) is 4. The zero-order chi connectivity index (χ0) is 20.1. The van der Waals surface area contributed by atoms with Gasteiger partial charge in [-0.05, 0) is 61.4 Å². The number of nitrogens with one attached hydrogen (secondary N) is 1. The molecule has 3 rings (SSSR count). The minimum absolute atomic E-state index is 0.0108. The standard InChI is InChI=1S/C21H21FN2O4/c22-17-5-1-16(2-6-17)21(28)23-13-19(26)24-11-9-15(10-12-24)20(27)14-3-7-18(25)8-4-14/h1-8,15,25H,9-13H2,(H,23,28). The lowest BCUT2D eigenvalue weighted by molar-refractivity contribution is -0.131. The highest BCUT2D eigenvalue weighted by Gasteiger charge is 2.28. The third kappa shape index (κ3) is 4.73. The molecule has 2 N–H and O–H groups in total. The molecule has 1 saturated heterocycles. The Bertz CT molecular complexity index is 857. The van der Waals surface area contributed by atoms with Crippen molar-refractivity contribution in [3.63, 3.8) is 0 Å². The van der Waals surface area contributed by atoms with Crippen molar-refractivity contribution in [2.24, 2.45) is 5.92 Å². The summed E-state index contributed by atoms with van der Waals surface area (Å²) < 4.78 is 12.9. The Hall–Kier alpha value is -3.22. The Balaban J connectivity index is 1.47. The van der Waals surface area contributed by atoms with Crippen LogP contribution in [0.1, 0.15) is 33.6 Å². The van der Waals surface area contributed by atoms with E-state index in [0.717, 1.165) is 0 Å². The molecular weight excluding hydrogens is 363 g/mol. The molecule has 0 unspecified atom stereocenters. The SMILES string of the molecule is O=C(NCC(=O)N1CCC(C(=O)c2ccc(O)cc2)CC1)c1ccc(F)cc1. The van der Waals surface area contributed by atoms with E-state index in [1.165, 1.54) is 36.4 Å². The number of ketones is 1. The van der Waals surface area contributed by atoms with Crippen molar-refractivity contribution in [2.45, 2.75) is 12.8 Å². The fourth-order valence-electron chi connectivity index (χ4n) is 3.22. The van der Waals surface area contributed by atoms with Gasteiger partial charge in [-0.15, -0.1) is 0 Å². The quantitative estimate of drug-likeness (QED) is 0.775. The van der Waals surface area contributed by atoms with Crippen molar-refractivity contribution >= 4 is 17.6 Å². The van der Waals surface area contributed by atoms with E-state index in [1.54, 1.807) is 17.0 Å². The number of carbonyl (C=O) groups excluding carboxylic acids is 3. The number of nitrogens with zero attached hydrogens (tertiary/aromatic N) is 1. The molecule has 1 heterocycles. The van der Waals surface area contributed by atoms with Crippen LogP contribution in [0.5, 0.6) is 5.75 Å². The average molecular weight is 384 g/mol. The number of aromatic hydroxyl groups is 1. The lowest BCUT2D eigenvalue weighted by Gasteiger charge is -2.31. The molecule has 1 fully saturated rings. The molecule has 2 aromatic carbocycles. The van der Waals surface area contributed by atoms with Crippen LogP contribution in [0.2, 0.25) is 0 Å². The van der Waals surface area contributed by atoms with Gasteiger partial charge in [0.2, 0.25) is 5.91 Å². The van der Waals surface area contributed by atoms with Gasteiger partial charge in [-0.25, -0.2) is 4.39 Å². The Kier molecular flexibility index (Phi) is 6.03. The summed E-state index contributed by atoms with van der Waals surface area (Å²) >= 11 is 0. The van der Waals surface area contributed by atoms with Crippen LogP contribution in [0.25, 0.3) is 0 Å². The molecule has 7 heteroatoms. The fraction of sp³-hybridized carbons (Fsp3) is 0.286. The zero-order valence-corrected chi connectivity index (χ0v) is 15.2. The maximum absolute atomic E-state index is 12.9. The first kappa shape index (κ1) is 19.5. The summed E-state index contributed by atoms with van der Waals surface area (Å²) in [6.07, 6.45) is 1.11. The highest BCUT2D eigenvalue weighted by atomic mass is 19.1. The topological polar surface area (TPSA) is 86.7 Å². The molecule has 146 valence electrons. The minimum atomic E-state index is -0.439. The number of benzene rings is 2. The zero-order valence-electron chi connectivity index (χ0n) is 15.2. The molecule has 2 amide bonds. The Morgan fingerprint density at radius 1 is 0.964 bits per heavy atom. The van der Waals surface area contributed by atoms with E-state index in [-0.39, 0.29) is 35.5 Å². The first-order valence-electron chi connectivity index (χ1n) is 9.09. The molecule has 0 aromatic heterocycles. The fourth-order valence-corrected chi connectivity index (χ4v) is 3.22. The molecule has 6 nitrogen and oxygen atoms in total. The summed E-state index contributed by atoms with van der Waals surface area (Å²) in [6, 6.07) is 11.2. The van der Waals surface area contributed by atoms with Crippen molar-refractivity contribution in [1.82, 2.24) is 10.2 Å². The Labute approximate surface area is 162 Å². The Morgan fingerprint density at radius 3 is 2.14 bits per heavy atom. The van der Waals surface area contributed by atoms with Gasteiger partial charge >= 0.3 is 0 Å².